The summed E-state index contributed by atoms with van der Waals surface area (Å²) in [6.07, 6.45) is 3.86. The summed E-state index contributed by atoms with van der Waals surface area (Å²) in [6.45, 7) is 7.90. The van der Waals surface area contributed by atoms with Crippen LogP contribution in [-0.4, -0.2) is 65.6 Å². The van der Waals surface area contributed by atoms with E-state index in [2.05, 4.69) is 6.07 Å². The van der Waals surface area contributed by atoms with E-state index < -0.39 is 0 Å². The van der Waals surface area contributed by atoms with E-state index in [1.807, 2.05) is 11.8 Å². The van der Waals surface area contributed by atoms with Gasteiger partial charge >= 0.3 is 5.97 Å². The highest BCUT2D eigenvalue weighted by atomic mass is 32.2. The van der Waals surface area contributed by atoms with Crippen molar-refractivity contribution in [2.24, 2.45) is 5.92 Å². The summed E-state index contributed by atoms with van der Waals surface area (Å²) in [7, 11) is 1.56. The number of rotatable bonds is 9. The van der Waals surface area contributed by atoms with Crippen molar-refractivity contribution in [3.05, 3.63) is 31.9 Å². The first-order valence-electron chi connectivity index (χ1n) is 12.1. The number of hydrogen-bond acceptors (Lipinski definition) is 9. The van der Waals surface area contributed by atoms with Gasteiger partial charge in [-0.05, 0) is 44.7 Å². The minimum absolute atomic E-state index is 0.0484. The Labute approximate surface area is 221 Å². The molecular formula is C25H32N4O5S2. The highest BCUT2D eigenvalue weighted by Crippen LogP contribution is 2.36. The number of carbonyl (C=O) groups excluding carboxylic acids is 2. The second-order valence-corrected chi connectivity index (χ2v) is 10.3. The monoisotopic (exact) mass is 532 g/mol. The lowest BCUT2D eigenvalue weighted by Crippen LogP contribution is -2.43. The van der Waals surface area contributed by atoms with Gasteiger partial charge in [-0.2, -0.15) is 5.26 Å². The van der Waals surface area contributed by atoms with Gasteiger partial charge in [-0.3, -0.25) is 23.9 Å². The molecule has 1 aromatic rings. The fourth-order valence-corrected chi connectivity index (χ4v) is 5.83. The Kier molecular flexibility index (Phi) is 9.70. The van der Waals surface area contributed by atoms with Crippen LogP contribution in [0, 0.1) is 24.2 Å². The quantitative estimate of drug-likeness (QED) is 0.270. The molecule has 0 aromatic carbocycles. The number of pyridine rings is 1. The van der Waals surface area contributed by atoms with E-state index in [1.54, 1.807) is 31.6 Å². The molecule has 1 amide bonds. The van der Waals surface area contributed by atoms with Crippen LogP contribution in [0.5, 0.6) is 0 Å². The molecule has 3 rings (SSSR count). The first-order valence-corrected chi connectivity index (χ1v) is 13.3. The molecule has 1 atom stereocenters. The third-order valence-electron chi connectivity index (χ3n) is 6.30. The predicted molar refractivity (Wildman–Crippen MR) is 144 cm³/mol. The van der Waals surface area contributed by atoms with Crippen molar-refractivity contribution in [1.82, 2.24) is 9.47 Å². The van der Waals surface area contributed by atoms with Gasteiger partial charge in [-0.25, -0.2) is 0 Å². The second kappa shape index (κ2) is 12.5. The summed E-state index contributed by atoms with van der Waals surface area (Å²) in [4.78, 5) is 43.0. The number of piperidine rings is 1. The van der Waals surface area contributed by atoms with Gasteiger partial charge in [0.25, 0.3) is 11.5 Å². The van der Waals surface area contributed by atoms with Crippen molar-refractivity contribution in [2.75, 3.05) is 44.9 Å². The van der Waals surface area contributed by atoms with Crippen molar-refractivity contribution in [2.45, 2.75) is 46.6 Å². The number of esters is 1. The molecule has 1 unspecified atom stereocenters. The Morgan fingerprint density at radius 1 is 1.31 bits per heavy atom. The smallest absolute Gasteiger partial charge is 0.310 e. The number of aromatic nitrogens is 1. The van der Waals surface area contributed by atoms with Crippen molar-refractivity contribution in [1.29, 1.82) is 5.26 Å². The first-order chi connectivity index (χ1) is 17.3. The van der Waals surface area contributed by atoms with Gasteiger partial charge < -0.3 is 14.4 Å². The molecule has 9 nitrogen and oxygen atoms in total. The molecular weight excluding hydrogens is 500 g/mol. The van der Waals surface area contributed by atoms with Crippen LogP contribution < -0.4 is 10.5 Å². The molecule has 11 heteroatoms. The summed E-state index contributed by atoms with van der Waals surface area (Å²) in [6, 6.07) is 2.06. The van der Waals surface area contributed by atoms with E-state index in [9.17, 15) is 19.6 Å². The molecule has 2 aliphatic heterocycles. The Balaban J connectivity index is 2.17. The standard InChI is InChI=1S/C25H32N4O5S2/c1-5-9-28-21(27-10-7-8-17(15-27)24(32)34-6-2)18(16(3)19(14-26)22(28)30)13-20-23(31)29(11-12-33-4)25(35)36-20/h13,17H,5-12,15H2,1-4H3/b20-13+. The van der Waals surface area contributed by atoms with E-state index in [0.717, 1.165) is 6.42 Å². The van der Waals surface area contributed by atoms with E-state index in [4.69, 9.17) is 21.7 Å². The lowest BCUT2D eigenvalue weighted by molar-refractivity contribution is -0.148. The zero-order chi connectivity index (χ0) is 26.4. The van der Waals surface area contributed by atoms with Gasteiger partial charge in [0.15, 0.2) is 0 Å². The second-order valence-electron chi connectivity index (χ2n) is 8.67. The maximum atomic E-state index is 13.4. The van der Waals surface area contributed by atoms with Crippen molar-refractivity contribution >= 4 is 52.1 Å². The number of thioether (sulfide) groups is 1. The molecule has 2 fully saturated rings. The Hall–Kier alpha value is -2.68. The summed E-state index contributed by atoms with van der Waals surface area (Å²) in [5, 5.41) is 9.81. The van der Waals surface area contributed by atoms with Gasteiger partial charge in [0.1, 0.15) is 21.8 Å². The van der Waals surface area contributed by atoms with E-state index in [0.29, 0.717) is 78.4 Å². The number of anilines is 1. The molecule has 2 saturated heterocycles. The van der Waals surface area contributed by atoms with Gasteiger partial charge in [0.2, 0.25) is 0 Å². The maximum Gasteiger partial charge on any atom is 0.310 e. The third-order valence-corrected chi connectivity index (χ3v) is 7.68. The molecule has 2 aliphatic rings. The maximum absolute atomic E-state index is 13.4. The van der Waals surface area contributed by atoms with Crippen molar-refractivity contribution < 1.29 is 19.1 Å². The zero-order valence-corrected chi connectivity index (χ0v) is 22.8. The van der Waals surface area contributed by atoms with E-state index >= 15 is 0 Å². The summed E-state index contributed by atoms with van der Waals surface area (Å²) in [5.41, 5.74) is 0.809. The van der Waals surface area contributed by atoms with Gasteiger partial charge in [-0.15, -0.1) is 0 Å². The van der Waals surface area contributed by atoms with Crippen LogP contribution in [0.1, 0.15) is 49.8 Å². The molecule has 0 bridgehead atoms. The molecule has 1 aromatic heterocycles. The average Bonchev–Trinajstić information content (AvgIpc) is 3.13. The predicted octanol–water partition coefficient (Wildman–Crippen LogP) is 3.07. The van der Waals surface area contributed by atoms with Crippen LogP contribution in [0.4, 0.5) is 5.82 Å². The topological polar surface area (TPSA) is 105 Å². The van der Waals surface area contributed by atoms with E-state index in [-0.39, 0.29) is 28.9 Å². The molecule has 0 saturated carbocycles. The Morgan fingerprint density at radius 3 is 2.69 bits per heavy atom. The number of thiocarbonyl (C=S) groups is 1. The van der Waals surface area contributed by atoms with Crippen LogP contribution in [0.15, 0.2) is 9.70 Å². The van der Waals surface area contributed by atoms with Crippen LogP contribution in [-0.2, 0) is 25.6 Å². The number of ether oxygens (including phenoxy) is 2. The number of carbonyl (C=O) groups is 2. The van der Waals surface area contributed by atoms with Crippen molar-refractivity contribution in [3.8, 4) is 6.07 Å². The third kappa shape index (κ3) is 5.66. The molecule has 0 radical (unpaired) electrons. The van der Waals surface area contributed by atoms with Crippen molar-refractivity contribution in [3.63, 3.8) is 0 Å². The molecule has 3 heterocycles. The van der Waals surface area contributed by atoms with Crippen LogP contribution in [0.3, 0.4) is 0 Å². The number of nitriles is 1. The van der Waals surface area contributed by atoms with Crippen LogP contribution >= 0.6 is 24.0 Å². The normalized spacial score (nSPS) is 19.2. The Bertz CT molecular complexity index is 1170. The minimum atomic E-state index is -0.366. The highest BCUT2D eigenvalue weighted by molar-refractivity contribution is 8.26. The largest absolute Gasteiger partial charge is 0.466 e. The van der Waals surface area contributed by atoms with E-state index in [1.165, 1.54) is 16.7 Å². The molecule has 194 valence electrons. The molecule has 36 heavy (non-hydrogen) atoms. The lowest BCUT2D eigenvalue weighted by atomic mass is 9.96. The van der Waals surface area contributed by atoms with Crippen LogP contribution in [0.25, 0.3) is 6.08 Å². The van der Waals surface area contributed by atoms with Crippen LogP contribution in [0.2, 0.25) is 0 Å². The number of amides is 1. The average molecular weight is 533 g/mol. The number of nitrogens with zero attached hydrogens (tertiary/aromatic N) is 4. The zero-order valence-electron chi connectivity index (χ0n) is 21.2. The number of hydrogen-bond donors (Lipinski definition) is 0. The SMILES string of the molecule is CCCn1c(N2CCCC(C(=O)OCC)C2)c(/C=C2/SC(=S)N(CCOC)C2=O)c(C)c(C#N)c1=O. The first kappa shape index (κ1) is 27.9. The molecule has 0 spiro atoms. The minimum Gasteiger partial charge on any atom is -0.466 e. The van der Waals surface area contributed by atoms with Gasteiger partial charge in [0.05, 0.1) is 30.6 Å². The summed E-state index contributed by atoms with van der Waals surface area (Å²) < 4.78 is 12.4. The molecule has 0 aliphatic carbocycles. The summed E-state index contributed by atoms with van der Waals surface area (Å²) >= 11 is 6.61. The fraction of sp³-hybridized carbons (Fsp3) is 0.560. The Morgan fingerprint density at radius 2 is 2.06 bits per heavy atom. The summed E-state index contributed by atoms with van der Waals surface area (Å²) in [5.74, 6) is -0.186. The number of methoxy groups -OCH3 is 1. The van der Waals surface area contributed by atoms with Gasteiger partial charge in [-0.1, -0.05) is 30.9 Å². The fourth-order valence-electron chi connectivity index (χ4n) is 4.54. The molecule has 0 N–H and O–H groups in total. The lowest BCUT2D eigenvalue weighted by Gasteiger charge is -2.36. The van der Waals surface area contributed by atoms with Gasteiger partial charge in [0, 0.05) is 32.3 Å². The highest BCUT2D eigenvalue weighted by Gasteiger charge is 2.34.